The molecular weight excluding hydrogens is 302 g/mol. The van der Waals surface area contributed by atoms with E-state index in [0.717, 1.165) is 16.8 Å². The van der Waals surface area contributed by atoms with E-state index in [9.17, 15) is 4.79 Å². The molecule has 0 aliphatic heterocycles. The molecule has 0 saturated heterocycles. The minimum atomic E-state index is -0.133. The number of esters is 1. The zero-order chi connectivity index (χ0) is 12.7. The van der Waals surface area contributed by atoms with E-state index >= 15 is 0 Å². The highest BCUT2D eigenvalue weighted by Crippen LogP contribution is 2.22. The number of ether oxygens (including phenoxy) is 1. The van der Waals surface area contributed by atoms with Crippen molar-refractivity contribution in [3.63, 3.8) is 0 Å². The van der Waals surface area contributed by atoms with Crippen LogP contribution in [0.15, 0.2) is 15.9 Å². The highest BCUT2D eigenvalue weighted by atomic mass is 79.9. The predicted octanol–water partition coefficient (Wildman–Crippen LogP) is 2.98. The minimum absolute atomic E-state index is 0.133. The molecule has 1 atom stereocenters. The SMILES string of the molecule is CCOC(=O)CC(C)NCCc1ccc(Br)s1. The van der Waals surface area contributed by atoms with Crippen LogP contribution in [0.3, 0.4) is 0 Å². The summed E-state index contributed by atoms with van der Waals surface area (Å²) in [5, 5.41) is 3.32. The van der Waals surface area contributed by atoms with Gasteiger partial charge in [0.05, 0.1) is 16.8 Å². The molecule has 0 amide bonds. The smallest absolute Gasteiger partial charge is 0.307 e. The molecule has 3 nitrogen and oxygen atoms in total. The number of carbonyl (C=O) groups is 1. The van der Waals surface area contributed by atoms with Crippen molar-refractivity contribution in [2.75, 3.05) is 13.2 Å². The van der Waals surface area contributed by atoms with Gasteiger partial charge < -0.3 is 10.1 Å². The summed E-state index contributed by atoms with van der Waals surface area (Å²) in [4.78, 5) is 12.6. The van der Waals surface area contributed by atoms with Crippen LogP contribution in [0.1, 0.15) is 25.1 Å². The summed E-state index contributed by atoms with van der Waals surface area (Å²) < 4.78 is 6.06. The number of carbonyl (C=O) groups excluding carboxylic acids is 1. The van der Waals surface area contributed by atoms with E-state index in [1.807, 2.05) is 13.8 Å². The van der Waals surface area contributed by atoms with Crippen molar-refractivity contribution >= 4 is 33.2 Å². The van der Waals surface area contributed by atoms with E-state index in [-0.39, 0.29) is 12.0 Å². The van der Waals surface area contributed by atoms with Crippen LogP contribution in [-0.2, 0) is 16.0 Å². The Morgan fingerprint density at radius 2 is 2.35 bits per heavy atom. The molecule has 1 aromatic rings. The quantitative estimate of drug-likeness (QED) is 0.785. The van der Waals surface area contributed by atoms with E-state index in [0.29, 0.717) is 13.0 Å². The zero-order valence-electron chi connectivity index (χ0n) is 10.2. The Kier molecular flexibility index (Phi) is 6.77. The molecule has 1 N–H and O–H groups in total. The first-order chi connectivity index (χ1) is 8.11. The molecule has 1 unspecified atom stereocenters. The van der Waals surface area contributed by atoms with Gasteiger partial charge in [0, 0.05) is 17.5 Å². The van der Waals surface area contributed by atoms with Gasteiger partial charge in [-0.15, -0.1) is 11.3 Å². The summed E-state index contributed by atoms with van der Waals surface area (Å²) in [7, 11) is 0. The third-order valence-corrected chi connectivity index (χ3v) is 3.95. The molecule has 1 rings (SSSR count). The molecule has 0 saturated carbocycles. The first-order valence-corrected chi connectivity index (χ1v) is 7.36. The molecule has 96 valence electrons. The van der Waals surface area contributed by atoms with Crippen LogP contribution in [0, 0.1) is 0 Å². The van der Waals surface area contributed by atoms with Crippen LogP contribution in [0.2, 0.25) is 0 Å². The monoisotopic (exact) mass is 319 g/mol. The lowest BCUT2D eigenvalue weighted by Crippen LogP contribution is -2.30. The number of hydrogen-bond donors (Lipinski definition) is 1. The van der Waals surface area contributed by atoms with E-state index in [4.69, 9.17) is 4.74 Å². The van der Waals surface area contributed by atoms with Gasteiger partial charge in [-0.1, -0.05) is 0 Å². The molecule has 0 spiro atoms. The summed E-state index contributed by atoms with van der Waals surface area (Å²) in [6.07, 6.45) is 1.42. The summed E-state index contributed by atoms with van der Waals surface area (Å²) in [6.45, 7) is 5.16. The van der Waals surface area contributed by atoms with Gasteiger partial charge in [-0.3, -0.25) is 4.79 Å². The average molecular weight is 320 g/mol. The van der Waals surface area contributed by atoms with Crippen LogP contribution in [0.5, 0.6) is 0 Å². The zero-order valence-corrected chi connectivity index (χ0v) is 12.6. The average Bonchev–Trinajstić information content (AvgIpc) is 2.64. The lowest BCUT2D eigenvalue weighted by atomic mass is 10.2. The Hall–Kier alpha value is -0.390. The fourth-order valence-corrected chi connectivity index (χ4v) is 2.95. The first kappa shape index (κ1) is 14.7. The Morgan fingerprint density at radius 3 is 2.94 bits per heavy atom. The number of halogens is 1. The fraction of sp³-hybridized carbons (Fsp3) is 0.583. The molecule has 1 aromatic heterocycles. The highest BCUT2D eigenvalue weighted by Gasteiger charge is 2.08. The highest BCUT2D eigenvalue weighted by molar-refractivity contribution is 9.11. The summed E-state index contributed by atoms with van der Waals surface area (Å²) in [5.41, 5.74) is 0. The van der Waals surface area contributed by atoms with E-state index in [2.05, 4.69) is 33.4 Å². The van der Waals surface area contributed by atoms with Crippen LogP contribution >= 0.6 is 27.3 Å². The second-order valence-electron chi connectivity index (χ2n) is 3.82. The van der Waals surface area contributed by atoms with Crippen molar-refractivity contribution in [1.29, 1.82) is 0 Å². The molecule has 1 heterocycles. The second kappa shape index (κ2) is 7.84. The Labute approximate surface area is 115 Å². The lowest BCUT2D eigenvalue weighted by Gasteiger charge is -2.12. The molecule has 0 bridgehead atoms. The van der Waals surface area contributed by atoms with Crippen molar-refractivity contribution in [2.24, 2.45) is 0 Å². The normalized spacial score (nSPS) is 12.4. The molecule has 0 aromatic carbocycles. The Morgan fingerprint density at radius 1 is 1.59 bits per heavy atom. The fourth-order valence-electron chi connectivity index (χ4n) is 1.47. The number of hydrogen-bond acceptors (Lipinski definition) is 4. The second-order valence-corrected chi connectivity index (χ2v) is 6.37. The van der Waals surface area contributed by atoms with Crippen molar-refractivity contribution in [3.8, 4) is 0 Å². The van der Waals surface area contributed by atoms with Gasteiger partial charge in [-0.25, -0.2) is 0 Å². The van der Waals surface area contributed by atoms with Crippen molar-refractivity contribution in [2.45, 2.75) is 32.7 Å². The standard InChI is InChI=1S/C12H18BrNO2S/c1-3-16-12(15)8-9(2)14-7-6-10-4-5-11(13)17-10/h4-5,9,14H,3,6-8H2,1-2H3. The maximum atomic E-state index is 11.2. The van der Waals surface area contributed by atoms with Gasteiger partial charge in [0.25, 0.3) is 0 Å². The van der Waals surface area contributed by atoms with Crippen LogP contribution < -0.4 is 5.32 Å². The molecule has 0 radical (unpaired) electrons. The third kappa shape index (κ3) is 6.19. The minimum Gasteiger partial charge on any atom is -0.466 e. The van der Waals surface area contributed by atoms with Crippen molar-refractivity contribution in [1.82, 2.24) is 5.32 Å². The van der Waals surface area contributed by atoms with Gasteiger partial charge in [0.2, 0.25) is 0 Å². The molecule has 0 aliphatic carbocycles. The third-order valence-electron chi connectivity index (χ3n) is 2.27. The molecule has 0 fully saturated rings. The predicted molar refractivity (Wildman–Crippen MR) is 74.4 cm³/mol. The Balaban J connectivity index is 2.15. The number of nitrogens with one attached hydrogen (secondary N) is 1. The van der Waals surface area contributed by atoms with Gasteiger partial charge in [0.1, 0.15) is 0 Å². The van der Waals surface area contributed by atoms with Gasteiger partial charge in [0.15, 0.2) is 0 Å². The summed E-state index contributed by atoms with van der Waals surface area (Å²) >= 11 is 5.19. The van der Waals surface area contributed by atoms with Crippen molar-refractivity contribution < 1.29 is 9.53 Å². The number of thiophene rings is 1. The van der Waals surface area contributed by atoms with Gasteiger partial charge in [-0.05, 0) is 48.3 Å². The van der Waals surface area contributed by atoms with E-state index in [1.54, 1.807) is 11.3 Å². The topological polar surface area (TPSA) is 38.3 Å². The van der Waals surface area contributed by atoms with Crippen LogP contribution in [0.4, 0.5) is 0 Å². The Bertz CT molecular complexity index is 354. The van der Waals surface area contributed by atoms with Crippen LogP contribution in [-0.4, -0.2) is 25.2 Å². The molecular formula is C12H18BrNO2S. The lowest BCUT2D eigenvalue weighted by molar-refractivity contribution is -0.143. The van der Waals surface area contributed by atoms with Gasteiger partial charge in [-0.2, -0.15) is 0 Å². The van der Waals surface area contributed by atoms with Crippen molar-refractivity contribution in [3.05, 3.63) is 20.8 Å². The summed E-state index contributed by atoms with van der Waals surface area (Å²) in [6, 6.07) is 4.34. The largest absolute Gasteiger partial charge is 0.466 e. The maximum absolute atomic E-state index is 11.2. The van der Waals surface area contributed by atoms with E-state index in [1.165, 1.54) is 4.88 Å². The summed E-state index contributed by atoms with van der Waals surface area (Å²) in [5.74, 6) is -0.133. The number of rotatable bonds is 7. The van der Waals surface area contributed by atoms with Gasteiger partial charge >= 0.3 is 5.97 Å². The molecule has 5 heteroatoms. The molecule has 17 heavy (non-hydrogen) atoms. The van der Waals surface area contributed by atoms with Crippen LogP contribution in [0.25, 0.3) is 0 Å². The first-order valence-electron chi connectivity index (χ1n) is 5.75. The van der Waals surface area contributed by atoms with E-state index < -0.39 is 0 Å². The maximum Gasteiger partial charge on any atom is 0.307 e. The molecule has 0 aliphatic rings.